The van der Waals surface area contributed by atoms with Crippen molar-refractivity contribution in [2.75, 3.05) is 12.3 Å². The predicted molar refractivity (Wildman–Crippen MR) is 69.3 cm³/mol. The van der Waals surface area contributed by atoms with Crippen molar-refractivity contribution < 1.29 is 20.1 Å². The van der Waals surface area contributed by atoms with Crippen LogP contribution in [0.1, 0.15) is 6.23 Å². The fourth-order valence-electron chi connectivity index (χ4n) is 2.59. The quantitative estimate of drug-likeness (QED) is 0.384. The number of anilines is 1. The average molecular weight is 308 g/mol. The number of ether oxygens (including phenoxy) is 1. The molecular weight excluding hydrogens is 296 g/mol. The number of tetrazole rings is 1. The van der Waals surface area contributed by atoms with E-state index in [1.54, 1.807) is 0 Å². The first-order valence-corrected chi connectivity index (χ1v) is 6.44. The van der Waals surface area contributed by atoms with Crippen molar-refractivity contribution in [3.63, 3.8) is 0 Å². The Morgan fingerprint density at radius 1 is 1.32 bits per heavy atom. The molecule has 0 saturated carbocycles. The molecule has 3 aromatic heterocycles. The van der Waals surface area contributed by atoms with Crippen LogP contribution >= 0.6 is 0 Å². The number of rotatable bonds is 2. The second-order valence-corrected chi connectivity index (χ2v) is 4.94. The van der Waals surface area contributed by atoms with Crippen LogP contribution < -0.4 is 5.73 Å². The van der Waals surface area contributed by atoms with Crippen LogP contribution in [0.25, 0.3) is 16.9 Å². The van der Waals surface area contributed by atoms with E-state index in [1.807, 2.05) is 0 Å². The first-order chi connectivity index (χ1) is 10.6. The Hall–Kier alpha value is -2.41. The highest BCUT2D eigenvalue weighted by Crippen LogP contribution is 2.32. The molecule has 1 fully saturated rings. The molecule has 1 aliphatic heterocycles. The van der Waals surface area contributed by atoms with Gasteiger partial charge in [-0.15, -0.1) is 0 Å². The molecule has 4 rings (SSSR count). The Bertz CT molecular complexity index is 846. The highest BCUT2D eigenvalue weighted by Gasteiger charge is 2.44. The lowest BCUT2D eigenvalue weighted by Gasteiger charge is -2.16. The van der Waals surface area contributed by atoms with Gasteiger partial charge in [-0.25, -0.2) is 4.98 Å². The summed E-state index contributed by atoms with van der Waals surface area (Å²) < 4.78 is 8.23. The minimum absolute atomic E-state index is 0.128. The summed E-state index contributed by atoms with van der Waals surface area (Å²) in [6, 6.07) is 0. The molecule has 0 spiro atoms. The fraction of sp³-hybridized carbons (Fsp3) is 0.500. The van der Waals surface area contributed by atoms with Crippen LogP contribution in [0, 0.1) is 0 Å². The van der Waals surface area contributed by atoms with Gasteiger partial charge in [0.1, 0.15) is 18.3 Å². The highest BCUT2D eigenvalue weighted by atomic mass is 16.6. The molecule has 22 heavy (non-hydrogen) atoms. The number of aliphatic hydroxyl groups is 3. The topological polar surface area (TPSA) is 170 Å². The molecule has 4 atom stereocenters. The van der Waals surface area contributed by atoms with Gasteiger partial charge in [0.15, 0.2) is 23.2 Å². The summed E-state index contributed by atoms with van der Waals surface area (Å²) in [5, 5.41) is 40.2. The van der Waals surface area contributed by atoms with E-state index in [1.165, 1.54) is 15.4 Å². The van der Waals surface area contributed by atoms with Crippen molar-refractivity contribution in [1.82, 2.24) is 34.6 Å². The normalized spacial score (nSPS) is 28.9. The van der Waals surface area contributed by atoms with E-state index in [0.29, 0.717) is 11.2 Å². The van der Waals surface area contributed by atoms with E-state index < -0.39 is 31.1 Å². The molecule has 5 N–H and O–H groups in total. The van der Waals surface area contributed by atoms with Gasteiger partial charge in [0, 0.05) is 0 Å². The summed E-state index contributed by atoms with van der Waals surface area (Å²) in [7, 11) is 0. The van der Waals surface area contributed by atoms with Crippen LogP contribution in [-0.4, -0.2) is 74.8 Å². The molecular formula is C10H12N8O4. The number of hydrogen-bond acceptors (Lipinski definition) is 10. The maximum absolute atomic E-state index is 10.1. The van der Waals surface area contributed by atoms with Gasteiger partial charge in [-0.1, -0.05) is 5.10 Å². The van der Waals surface area contributed by atoms with Crippen molar-refractivity contribution in [3.8, 4) is 0 Å². The number of nitrogens with zero attached hydrogens (tertiary/aromatic N) is 7. The SMILES string of the molecule is Nc1nc2nnnn2c2c1ncn2C1OC(CO)C(O)C1O. The summed E-state index contributed by atoms with van der Waals surface area (Å²) in [6.45, 7) is -0.425. The summed E-state index contributed by atoms with van der Waals surface area (Å²) in [5.41, 5.74) is 6.51. The van der Waals surface area contributed by atoms with Crippen molar-refractivity contribution >= 4 is 22.8 Å². The molecule has 0 aliphatic carbocycles. The zero-order chi connectivity index (χ0) is 15.4. The number of aliphatic hydroxyl groups excluding tert-OH is 3. The highest BCUT2D eigenvalue weighted by molar-refractivity contribution is 5.83. The Balaban J connectivity index is 1.93. The molecule has 4 heterocycles. The molecule has 1 aliphatic rings. The van der Waals surface area contributed by atoms with Gasteiger partial charge in [-0.2, -0.15) is 9.50 Å². The predicted octanol–water partition coefficient (Wildman–Crippen LogP) is -2.94. The van der Waals surface area contributed by atoms with Gasteiger partial charge in [0.05, 0.1) is 12.9 Å². The third-order valence-corrected chi connectivity index (χ3v) is 3.68. The molecule has 0 amide bonds. The van der Waals surface area contributed by atoms with Gasteiger partial charge < -0.3 is 25.8 Å². The van der Waals surface area contributed by atoms with E-state index in [0.717, 1.165) is 0 Å². The number of aromatic nitrogens is 7. The van der Waals surface area contributed by atoms with Crippen LogP contribution in [0.3, 0.4) is 0 Å². The Labute approximate surface area is 121 Å². The van der Waals surface area contributed by atoms with Crippen LogP contribution in [0.4, 0.5) is 5.82 Å². The number of hydrogen-bond donors (Lipinski definition) is 4. The smallest absolute Gasteiger partial charge is 0.277 e. The van der Waals surface area contributed by atoms with Crippen molar-refractivity contribution in [2.45, 2.75) is 24.5 Å². The molecule has 0 bridgehead atoms. The maximum atomic E-state index is 10.1. The fourth-order valence-corrected chi connectivity index (χ4v) is 2.59. The molecule has 12 nitrogen and oxygen atoms in total. The maximum Gasteiger partial charge on any atom is 0.277 e. The lowest BCUT2D eigenvalue weighted by molar-refractivity contribution is -0.0512. The lowest BCUT2D eigenvalue weighted by Crippen LogP contribution is -2.33. The monoisotopic (exact) mass is 308 g/mol. The van der Waals surface area contributed by atoms with Gasteiger partial charge in [-0.3, -0.25) is 4.57 Å². The van der Waals surface area contributed by atoms with Gasteiger partial charge >= 0.3 is 0 Å². The molecule has 12 heteroatoms. The van der Waals surface area contributed by atoms with E-state index in [4.69, 9.17) is 10.5 Å². The third kappa shape index (κ3) is 1.62. The van der Waals surface area contributed by atoms with Gasteiger partial charge in [0.2, 0.25) is 0 Å². The molecule has 1 saturated heterocycles. The number of nitrogens with two attached hydrogens (primary N) is 1. The Morgan fingerprint density at radius 3 is 2.86 bits per heavy atom. The molecule has 4 unspecified atom stereocenters. The second kappa shape index (κ2) is 4.54. The second-order valence-electron chi connectivity index (χ2n) is 4.94. The molecule has 0 radical (unpaired) electrons. The lowest BCUT2D eigenvalue weighted by atomic mass is 10.1. The summed E-state index contributed by atoms with van der Waals surface area (Å²) in [4.78, 5) is 8.13. The van der Waals surface area contributed by atoms with Crippen molar-refractivity contribution in [2.24, 2.45) is 0 Å². The van der Waals surface area contributed by atoms with E-state index in [2.05, 4.69) is 25.5 Å². The van der Waals surface area contributed by atoms with Crippen molar-refractivity contribution in [3.05, 3.63) is 6.33 Å². The minimum atomic E-state index is -1.25. The largest absolute Gasteiger partial charge is 0.394 e. The summed E-state index contributed by atoms with van der Waals surface area (Å²) in [5.74, 6) is 0.293. The number of fused-ring (bicyclic) bond motifs is 3. The van der Waals surface area contributed by atoms with Crippen LogP contribution in [0.2, 0.25) is 0 Å². The Kier molecular flexibility index (Phi) is 2.74. The number of nitrogen functional groups attached to an aromatic ring is 1. The van der Waals surface area contributed by atoms with E-state index in [-0.39, 0.29) is 11.6 Å². The first kappa shape index (κ1) is 13.3. The molecule has 3 aromatic rings. The zero-order valence-electron chi connectivity index (χ0n) is 11.1. The molecule has 0 aromatic carbocycles. The number of imidazole rings is 1. The van der Waals surface area contributed by atoms with Crippen molar-refractivity contribution in [1.29, 1.82) is 0 Å². The summed E-state index contributed by atoms with van der Waals surface area (Å²) in [6.07, 6.45) is -2.97. The van der Waals surface area contributed by atoms with E-state index in [9.17, 15) is 15.3 Å². The zero-order valence-corrected chi connectivity index (χ0v) is 11.1. The molecule has 116 valence electrons. The Morgan fingerprint density at radius 2 is 2.14 bits per heavy atom. The van der Waals surface area contributed by atoms with Gasteiger partial charge in [-0.05, 0) is 10.4 Å². The summed E-state index contributed by atoms with van der Waals surface area (Å²) >= 11 is 0. The van der Waals surface area contributed by atoms with Crippen LogP contribution in [0.15, 0.2) is 6.33 Å². The van der Waals surface area contributed by atoms with Crippen LogP contribution in [-0.2, 0) is 4.74 Å². The average Bonchev–Trinajstić information content (AvgIpc) is 3.18. The standard InChI is InChI=1S/C10H12N8O4/c11-7-4-8(18-10(13-7)14-15-16-18)17(2-12-4)9-6(21)5(20)3(1-19)22-9/h2-3,5-6,9,19-21H,1H2,(H2,11,13,14,16). The van der Waals surface area contributed by atoms with Crippen LogP contribution in [0.5, 0.6) is 0 Å². The minimum Gasteiger partial charge on any atom is -0.394 e. The van der Waals surface area contributed by atoms with E-state index >= 15 is 0 Å². The van der Waals surface area contributed by atoms with Gasteiger partial charge in [0.25, 0.3) is 5.78 Å². The first-order valence-electron chi connectivity index (χ1n) is 6.44. The third-order valence-electron chi connectivity index (χ3n) is 3.68.